The quantitative estimate of drug-likeness (QED) is 0.576. The van der Waals surface area contributed by atoms with E-state index in [1.54, 1.807) is 9.80 Å². The maximum Gasteiger partial charge on any atom is 0.417 e. The van der Waals surface area contributed by atoms with Crippen LogP contribution in [0, 0.1) is 24.2 Å². The summed E-state index contributed by atoms with van der Waals surface area (Å²) in [6, 6.07) is 2.29. The van der Waals surface area contributed by atoms with E-state index in [-0.39, 0.29) is 30.3 Å². The van der Waals surface area contributed by atoms with Crippen molar-refractivity contribution in [3.05, 3.63) is 51.6 Å². The Morgan fingerprint density at radius 3 is 2.61 bits per heavy atom. The Kier molecular flexibility index (Phi) is 5.37. The predicted octanol–water partition coefficient (Wildman–Crippen LogP) is 3.74. The van der Waals surface area contributed by atoms with Crippen LogP contribution in [0.2, 0.25) is 0 Å². The highest BCUT2D eigenvalue weighted by molar-refractivity contribution is 5.94. The fourth-order valence-corrected chi connectivity index (χ4v) is 4.52. The Morgan fingerprint density at radius 1 is 1.26 bits per heavy atom. The average molecular weight is 435 g/mol. The summed E-state index contributed by atoms with van der Waals surface area (Å²) in [5, 5.41) is 16.1. The first kappa shape index (κ1) is 21.2. The van der Waals surface area contributed by atoms with E-state index in [0.29, 0.717) is 37.9 Å². The first-order chi connectivity index (χ1) is 14.7. The Morgan fingerprint density at radius 2 is 1.97 bits per heavy atom. The minimum atomic E-state index is -4.64. The van der Waals surface area contributed by atoms with Crippen molar-refractivity contribution in [1.82, 2.24) is 20.0 Å². The SMILES string of the molecule is Cc1c(F)ccc(C2CCN(C(=O)c3n[nH]c4c3CN(C#N)CC4)CC2)c1C(F)(F)F. The molecule has 0 radical (unpaired) electrons. The zero-order valence-electron chi connectivity index (χ0n) is 16.9. The molecule has 0 atom stereocenters. The van der Waals surface area contributed by atoms with E-state index < -0.39 is 29.0 Å². The molecule has 1 aromatic heterocycles. The number of aromatic nitrogens is 2. The van der Waals surface area contributed by atoms with E-state index >= 15 is 0 Å². The van der Waals surface area contributed by atoms with Crippen LogP contribution in [-0.2, 0) is 19.1 Å². The minimum Gasteiger partial charge on any atom is -0.337 e. The number of aromatic amines is 1. The maximum atomic E-state index is 13.8. The molecule has 1 N–H and O–H groups in total. The van der Waals surface area contributed by atoms with Crippen molar-refractivity contribution in [2.45, 2.75) is 44.8 Å². The molecule has 10 heteroatoms. The summed E-state index contributed by atoms with van der Waals surface area (Å²) in [6.07, 6.45) is -1.28. The summed E-state index contributed by atoms with van der Waals surface area (Å²) in [7, 11) is 0. The lowest BCUT2D eigenvalue weighted by molar-refractivity contribution is -0.139. The number of nitrogens with zero attached hydrogens (tertiary/aromatic N) is 4. The van der Waals surface area contributed by atoms with E-state index in [1.165, 1.54) is 6.07 Å². The van der Waals surface area contributed by atoms with Crippen molar-refractivity contribution in [2.75, 3.05) is 19.6 Å². The molecule has 1 aromatic carbocycles. The topological polar surface area (TPSA) is 76.0 Å². The Balaban J connectivity index is 1.51. The standard InChI is InChI=1S/C21H21F4N5O/c1-12-16(22)3-2-14(18(12)21(23,24)25)13-4-8-30(9-5-13)20(31)19-15-10-29(11-26)7-6-17(15)27-28-19/h2-3,13H,4-10H2,1H3,(H,27,28). The van der Waals surface area contributed by atoms with Crippen LogP contribution in [0.1, 0.15) is 57.2 Å². The summed E-state index contributed by atoms with van der Waals surface area (Å²) < 4.78 is 54.5. The molecule has 0 aliphatic carbocycles. The van der Waals surface area contributed by atoms with Crippen LogP contribution < -0.4 is 0 Å². The van der Waals surface area contributed by atoms with Crippen molar-refractivity contribution in [2.24, 2.45) is 0 Å². The first-order valence-electron chi connectivity index (χ1n) is 10.1. The molecule has 0 unspecified atom stereocenters. The van der Waals surface area contributed by atoms with Crippen LogP contribution in [0.5, 0.6) is 0 Å². The predicted molar refractivity (Wildman–Crippen MR) is 102 cm³/mol. The molecule has 2 aliphatic rings. The van der Waals surface area contributed by atoms with Gasteiger partial charge in [0.05, 0.1) is 12.1 Å². The number of piperidine rings is 1. The van der Waals surface area contributed by atoms with Crippen LogP contribution in [-0.4, -0.2) is 45.5 Å². The fraction of sp³-hybridized carbons (Fsp3) is 0.476. The molecule has 6 nitrogen and oxygen atoms in total. The number of carbonyl (C=O) groups excluding carboxylic acids is 1. The van der Waals surface area contributed by atoms with Gasteiger partial charge in [-0.25, -0.2) is 4.39 Å². The molecular formula is C21H21F4N5O. The summed E-state index contributed by atoms with van der Waals surface area (Å²) in [5.41, 5.74) is 0.584. The molecule has 4 rings (SSSR count). The van der Waals surface area contributed by atoms with Crippen molar-refractivity contribution in [1.29, 1.82) is 5.26 Å². The van der Waals surface area contributed by atoms with Gasteiger partial charge in [0.15, 0.2) is 11.9 Å². The van der Waals surface area contributed by atoms with E-state index in [4.69, 9.17) is 5.26 Å². The van der Waals surface area contributed by atoms with Crippen molar-refractivity contribution >= 4 is 5.91 Å². The third-order valence-electron chi connectivity index (χ3n) is 6.21. The monoisotopic (exact) mass is 435 g/mol. The van der Waals surface area contributed by atoms with Gasteiger partial charge in [-0.2, -0.15) is 23.5 Å². The molecule has 0 bridgehead atoms. The molecule has 2 aromatic rings. The maximum absolute atomic E-state index is 13.8. The third-order valence-corrected chi connectivity index (χ3v) is 6.21. The molecule has 0 spiro atoms. The highest BCUT2D eigenvalue weighted by Crippen LogP contribution is 2.41. The second-order valence-corrected chi connectivity index (χ2v) is 8.00. The molecule has 1 amide bonds. The number of rotatable bonds is 2. The van der Waals surface area contributed by atoms with Gasteiger partial charge in [-0.15, -0.1) is 0 Å². The number of benzene rings is 1. The van der Waals surface area contributed by atoms with E-state index in [1.807, 2.05) is 0 Å². The molecule has 0 saturated carbocycles. The Hall–Kier alpha value is -3.09. The summed E-state index contributed by atoms with van der Waals surface area (Å²) in [4.78, 5) is 16.1. The smallest absolute Gasteiger partial charge is 0.337 e. The number of hydrogen-bond acceptors (Lipinski definition) is 4. The number of carbonyl (C=O) groups is 1. The summed E-state index contributed by atoms with van der Waals surface area (Å²) in [5.74, 6) is -1.58. The number of alkyl halides is 3. The summed E-state index contributed by atoms with van der Waals surface area (Å²) >= 11 is 0. The zero-order valence-corrected chi connectivity index (χ0v) is 16.9. The number of likely N-dealkylation sites (tertiary alicyclic amines) is 1. The molecule has 164 valence electrons. The van der Waals surface area contributed by atoms with Gasteiger partial charge in [-0.3, -0.25) is 9.89 Å². The Labute approximate surface area is 176 Å². The molecule has 1 saturated heterocycles. The van der Waals surface area contributed by atoms with E-state index in [9.17, 15) is 22.4 Å². The number of hydrogen-bond donors (Lipinski definition) is 1. The van der Waals surface area contributed by atoms with Crippen LogP contribution in [0.15, 0.2) is 12.1 Å². The van der Waals surface area contributed by atoms with Crippen LogP contribution in [0.25, 0.3) is 0 Å². The normalized spacial score (nSPS) is 17.4. The molecule has 2 aliphatic heterocycles. The van der Waals surface area contributed by atoms with Crippen molar-refractivity contribution < 1.29 is 22.4 Å². The van der Waals surface area contributed by atoms with Crippen LogP contribution in [0.4, 0.5) is 17.6 Å². The lowest BCUT2D eigenvalue weighted by Gasteiger charge is -2.33. The van der Waals surface area contributed by atoms with Gasteiger partial charge in [0, 0.05) is 37.3 Å². The number of H-pyrrole nitrogens is 1. The van der Waals surface area contributed by atoms with Gasteiger partial charge in [-0.1, -0.05) is 6.07 Å². The number of halogens is 4. The van der Waals surface area contributed by atoms with E-state index in [2.05, 4.69) is 16.4 Å². The highest BCUT2D eigenvalue weighted by Gasteiger charge is 2.39. The lowest BCUT2D eigenvalue weighted by atomic mass is 9.84. The number of fused-ring (bicyclic) bond motifs is 1. The van der Waals surface area contributed by atoms with E-state index in [0.717, 1.165) is 18.7 Å². The van der Waals surface area contributed by atoms with Crippen molar-refractivity contribution in [3.8, 4) is 6.19 Å². The first-order valence-corrected chi connectivity index (χ1v) is 10.1. The van der Waals surface area contributed by atoms with Gasteiger partial charge >= 0.3 is 6.18 Å². The average Bonchev–Trinajstić information content (AvgIpc) is 3.17. The van der Waals surface area contributed by atoms with Gasteiger partial charge < -0.3 is 9.80 Å². The zero-order chi connectivity index (χ0) is 22.3. The van der Waals surface area contributed by atoms with Crippen LogP contribution in [0.3, 0.4) is 0 Å². The second kappa shape index (κ2) is 7.87. The number of nitrogens with one attached hydrogen (secondary N) is 1. The van der Waals surface area contributed by atoms with Gasteiger partial charge in [-0.05, 0) is 42.9 Å². The molecular weight excluding hydrogens is 414 g/mol. The third kappa shape index (κ3) is 3.84. The molecule has 31 heavy (non-hydrogen) atoms. The van der Waals surface area contributed by atoms with Gasteiger partial charge in [0.25, 0.3) is 5.91 Å². The highest BCUT2D eigenvalue weighted by atomic mass is 19.4. The second-order valence-electron chi connectivity index (χ2n) is 8.00. The minimum absolute atomic E-state index is 0.0836. The Bertz CT molecular complexity index is 1050. The molecule has 1 fully saturated rings. The number of amides is 1. The number of nitriles is 1. The molecule has 3 heterocycles. The summed E-state index contributed by atoms with van der Waals surface area (Å²) in [6.45, 7) is 2.57. The fourth-order valence-electron chi connectivity index (χ4n) is 4.52. The van der Waals surface area contributed by atoms with Gasteiger partial charge in [0.2, 0.25) is 0 Å². The largest absolute Gasteiger partial charge is 0.417 e. The lowest BCUT2D eigenvalue weighted by Crippen LogP contribution is -2.39. The van der Waals surface area contributed by atoms with Crippen LogP contribution >= 0.6 is 0 Å². The van der Waals surface area contributed by atoms with Gasteiger partial charge in [0.1, 0.15) is 5.82 Å². The van der Waals surface area contributed by atoms with Crippen molar-refractivity contribution in [3.63, 3.8) is 0 Å².